The first-order valence-corrected chi connectivity index (χ1v) is 19.3. The van der Waals surface area contributed by atoms with E-state index >= 15 is 0 Å². The number of piperidine rings is 2. The summed E-state index contributed by atoms with van der Waals surface area (Å²) in [5.41, 5.74) is 7.57. The van der Waals surface area contributed by atoms with E-state index in [-0.39, 0.29) is 30.1 Å². The van der Waals surface area contributed by atoms with Crippen LogP contribution in [0.1, 0.15) is 84.5 Å². The second-order valence-electron chi connectivity index (χ2n) is 15.2. The molecule has 0 aromatic heterocycles. The topological polar surface area (TPSA) is 108 Å². The number of aromatic hydroxyl groups is 1. The van der Waals surface area contributed by atoms with Gasteiger partial charge in [0.2, 0.25) is 11.8 Å². The standard InChI is InChI=1S/C45H47N3O6/c1-2-38(30-6-4-3-5-7-30)42(31-8-12-34(49)13-9-31)32-10-14-35(15-11-32)53-25-24-47-22-20-45(21-23-47)27-37(28-45)54-36-16-17-39-33(26-36)29-48(44(39)52)40-18-19-41(50)46-43(40)51/h3-17,26,37,40,49H,2,18-25,27-29H2,1H3,(H,46,50,51)/b42-38-. The Morgan fingerprint density at radius 2 is 1.54 bits per heavy atom. The summed E-state index contributed by atoms with van der Waals surface area (Å²) in [6.07, 6.45) is 6.00. The van der Waals surface area contributed by atoms with Crippen molar-refractivity contribution in [1.82, 2.24) is 15.1 Å². The van der Waals surface area contributed by atoms with Gasteiger partial charge in [-0.25, -0.2) is 0 Å². The molecule has 8 rings (SSSR count). The van der Waals surface area contributed by atoms with Gasteiger partial charge < -0.3 is 19.5 Å². The third-order valence-corrected chi connectivity index (χ3v) is 11.8. The maximum absolute atomic E-state index is 13.1. The number of allylic oxidation sites excluding steroid dienone is 1. The molecule has 1 atom stereocenters. The van der Waals surface area contributed by atoms with Crippen molar-refractivity contribution in [1.29, 1.82) is 0 Å². The summed E-state index contributed by atoms with van der Waals surface area (Å²) in [6.45, 7) is 6.14. The Kier molecular flexibility index (Phi) is 9.99. The molecule has 0 radical (unpaired) electrons. The Morgan fingerprint density at radius 1 is 0.852 bits per heavy atom. The van der Waals surface area contributed by atoms with Gasteiger partial charge in [-0.15, -0.1) is 0 Å². The minimum Gasteiger partial charge on any atom is -0.508 e. The smallest absolute Gasteiger partial charge is 0.255 e. The third kappa shape index (κ3) is 7.37. The number of phenolic OH excluding ortho intramolecular Hbond substituents is 1. The number of benzene rings is 4. The summed E-state index contributed by atoms with van der Waals surface area (Å²) < 4.78 is 12.6. The summed E-state index contributed by atoms with van der Waals surface area (Å²) in [5.74, 6) is 1.03. The number of nitrogens with one attached hydrogen (secondary N) is 1. The molecule has 2 N–H and O–H groups in total. The molecule has 54 heavy (non-hydrogen) atoms. The van der Waals surface area contributed by atoms with Gasteiger partial charge in [0.25, 0.3) is 5.91 Å². The van der Waals surface area contributed by atoms with Crippen LogP contribution in [0.15, 0.2) is 97.1 Å². The highest BCUT2D eigenvalue weighted by Gasteiger charge is 2.47. The molecule has 1 saturated carbocycles. The Morgan fingerprint density at radius 3 is 2.22 bits per heavy atom. The van der Waals surface area contributed by atoms with Crippen molar-refractivity contribution >= 4 is 28.9 Å². The van der Waals surface area contributed by atoms with Gasteiger partial charge in [-0.1, -0.05) is 61.5 Å². The maximum atomic E-state index is 13.1. The average molecular weight is 726 g/mol. The Labute approximate surface area is 316 Å². The largest absolute Gasteiger partial charge is 0.508 e. The minimum atomic E-state index is -0.614. The van der Waals surface area contributed by atoms with E-state index in [9.17, 15) is 19.5 Å². The summed E-state index contributed by atoms with van der Waals surface area (Å²) in [7, 11) is 0. The summed E-state index contributed by atoms with van der Waals surface area (Å²) >= 11 is 0. The molecule has 4 aromatic carbocycles. The van der Waals surface area contributed by atoms with Crippen molar-refractivity contribution in [2.75, 3.05) is 26.2 Å². The lowest BCUT2D eigenvalue weighted by Crippen LogP contribution is -2.52. The minimum absolute atomic E-state index is 0.162. The van der Waals surface area contributed by atoms with Crippen molar-refractivity contribution in [3.05, 3.63) is 125 Å². The Hall–Kier alpha value is -5.41. The predicted molar refractivity (Wildman–Crippen MR) is 207 cm³/mol. The number of ether oxygens (including phenoxy) is 2. The molecule has 0 bridgehead atoms. The fourth-order valence-electron chi connectivity index (χ4n) is 8.78. The van der Waals surface area contributed by atoms with E-state index < -0.39 is 11.9 Å². The van der Waals surface area contributed by atoms with Crippen LogP contribution in [0.3, 0.4) is 0 Å². The highest BCUT2D eigenvalue weighted by atomic mass is 16.5. The van der Waals surface area contributed by atoms with Gasteiger partial charge >= 0.3 is 0 Å². The highest BCUT2D eigenvalue weighted by molar-refractivity contribution is 6.05. The molecule has 9 nitrogen and oxygen atoms in total. The molecule has 1 spiro atoms. The first-order valence-electron chi connectivity index (χ1n) is 19.3. The lowest BCUT2D eigenvalue weighted by Gasteiger charge is -2.51. The quantitative estimate of drug-likeness (QED) is 0.124. The molecule has 2 saturated heterocycles. The number of carbonyl (C=O) groups excluding carboxylic acids is 3. The number of fused-ring (bicyclic) bond motifs is 1. The highest BCUT2D eigenvalue weighted by Crippen LogP contribution is 2.50. The van der Waals surface area contributed by atoms with Gasteiger partial charge in [0.15, 0.2) is 0 Å². The van der Waals surface area contributed by atoms with Crippen LogP contribution in [0.2, 0.25) is 0 Å². The van der Waals surface area contributed by atoms with Crippen LogP contribution in [-0.4, -0.2) is 71.0 Å². The third-order valence-electron chi connectivity index (χ3n) is 11.8. The number of imide groups is 1. The molecular weight excluding hydrogens is 679 g/mol. The monoisotopic (exact) mass is 725 g/mol. The lowest BCUT2D eigenvalue weighted by atomic mass is 9.61. The molecule has 1 aliphatic carbocycles. The van der Waals surface area contributed by atoms with Crippen molar-refractivity contribution < 1.29 is 29.0 Å². The molecule has 1 unspecified atom stereocenters. The van der Waals surface area contributed by atoms with Crippen LogP contribution < -0.4 is 14.8 Å². The number of phenols is 1. The van der Waals surface area contributed by atoms with E-state index in [1.807, 2.05) is 36.4 Å². The molecule has 3 fully saturated rings. The van der Waals surface area contributed by atoms with E-state index in [2.05, 4.69) is 65.7 Å². The molecule has 278 valence electrons. The SMILES string of the molecule is CC/C(=C(\c1ccc(O)cc1)c1ccc(OCCN2CCC3(CC2)CC(Oc2ccc4c(c2)CN(C2CCC(=O)NC2=O)C4=O)C3)cc1)c1ccccc1. The predicted octanol–water partition coefficient (Wildman–Crippen LogP) is 7.22. The second-order valence-corrected chi connectivity index (χ2v) is 15.2. The van der Waals surface area contributed by atoms with Crippen LogP contribution in [-0.2, 0) is 16.1 Å². The van der Waals surface area contributed by atoms with Crippen molar-refractivity contribution in [3.8, 4) is 17.2 Å². The van der Waals surface area contributed by atoms with Crippen LogP contribution in [0.25, 0.3) is 11.1 Å². The Balaban J connectivity index is 0.808. The van der Waals surface area contributed by atoms with Crippen LogP contribution in [0.4, 0.5) is 0 Å². The fourth-order valence-corrected chi connectivity index (χ4v) is 8.78. The van der Waals surface area contributed by atoms with Crippen LogP contribution in [0, 0.1) is 5.41 Å². The lowest BCUT2D eigenvalue weighted by molar-refractivity contribution is -0.136. The molecule has 4 aliphatic rings. The van der Waals surface area contributed by atoms with E-state index in [0.29, 0.717) is 30.6 Å². The zero-order valence-electron chi connectivity index (χ0n) is 30.8. The summed E-state index contributed by atoms with van der Waals surface area (Å²) in [6, 6.07) is 31.3. The number of hydrogen-bond donors (Lipinski definition) is 2. The van der Waals surface area contributed by atoms with Crippen molar-refractivity contribution in [3.63, 3.8) is 0 Å². The number of hydrogen-bond acceptors (Lipinski definition) is 7. The normalized spacial score (nSPS) is 20.3. The number of carbonyl (C=O) groups is 3. The van der Waals surface area contributed by atoms with E-state index in [0.717, 1.165) is 85.5 Å². The zero-order chi connectivity index (χ0) is 37.2. The molecule has 3 heterocycles. The van der Waals surface area contributed by atoms with Gasteiger partial charge in [-0.3, -0.25) is 24.6 Å². The first-order chi connectivity index (χ1) is 26.3. The number of amides is 3. The first kappa shape index (κ1) is 35.6. The molecule has 4 aromatic rings. The van der Waals surface area contributed by atoms with Gasteiger partial charge in [0.1, 0.15) is 29.9 Å². The van der Waals surface area contributed by atoms with Crippen molar-refractivity contribution in [2.45, 2.75) is 70.6 Å². The van der Waals surface area contributed by atoms with E-state index in [1.54, 1.807) is 17.0 Å². The van der Waals surface area contributed by atoms with Gasteiger partial charge in [-0.05, 0) is 133 Å². The molecular formula is C45H47N3O6. The van der Waals surface area contributed by atoms with Crippen LogP contribution in [0.5, 0.6) is 17.2 Å². The van der Waals surface area contributed by atoms with Gasteiger partial charge in [0, 0.05) is 25.1 Å². The number of likely N-dealkylation sites (tertiary alicyclic amines) is 1. The van der Waals surface area contributed by atoms with E-state index in [1.165, 1.54) is 11.1 Å². The second kappa shape index (κ2) is 15.1. The Bertz CT molecular complexity index is 2040. The fraction of sp³-hybridized carbons (Fsp3) is 0.356. The van der Waals surface area contributed by atoms with Gasteiger partial charge in [-0.2, -0.15) is 0 Å². The summed E-state index contributed by atoms with van der Waals surface area (Å²) in [4.78, 5) is 41.1. The number of nitrogens with zero attached hydrogens (tertiary/aromatic N) is 2. The summed E-state index contributed by atoms with van der Waals surface area (Å²) in [5, 5.41) is 12.3. The molecule has 3 amide bonds. The maximum Gasteiger partial charge on any atom is 0.255 e. The average Bonchev–Trinajstić information content (AvgIpc) is 3.49. The zero-order valence-corrected chi connectivity index (χ0v) is 30.8. The van der Waals surface area contributed by atoms with Crippen LogP contribution >= 0.6 is 0 Å². The van der Waals surface area contributed by atoms with E-state index in [4.69, 9.17) is 9.47 Å². The molecule has 9 heteroatoms. The van der Waals surface area contributed by atoms with Crippen molar-refractivity contribution in [2.24, 2.45) is 5.41 Å². The number of rotatable bonds is 11. The molecule has 3 aliphatic heterocycles. The van der Waals surface area contributed by atoms with Gasteiger partial charge in [0.05, 0.1) is 6.10 Å².